The van der Waals surface area contributed by atoms with Gasteiger partial charge in [-0.1, -0.05) is 24.3 Å². The first kappa shape index (κ1) is 11.0. The minimum atomic E-state index is -0.553. The number of epoxide rings is 1. The Bertz CT molecular complexity index is 358. The molecule has 3 heteroatoms. The lowest BCUT2D eigenvalue weighted by Gasteiger charge is -2.13. The van der Waals surface area contributed by atoms with Crippen molar-refractivity contribution in [1.82, 2.24) is 0 Å². The summed E-state index contributed by atoms with van der Waals surface area (Å²) in [6.07, 6.45) is 0. The van der Waals surface area contributed by atoms with Crippen molar-refractivity contribution in [3.05, 3.63) is 35.4 Å². The molecule has 2 rings (SSSR count). The van der Waals surface area contributed by atoms with E-state index < -0.39 is 5.79 Å². The van der Waals surface area contributed by atoms with Gasteiger partial charge < -0.3 is 9.47 Å². The molecular formula is C12H16O2S. The Labute approximate surface area is 96.0 Å². The Morgan fingerprint density at radius 1 is 1.27 bits per heavy atom. The van der Waals surface area contributed by atoms with Crippen LogP contribution in [0, 0.1) is 0 Å². The highest BCUT2D eigenvalue weighted by atomic mass is 32.1. The van der Waals surface area contributed by atoms with Crippen LogP contribution in [0.25, 0.3) is 0 Å². The number of benzene rings is 1. The quantitative estimate of drug-likeness (QED) is 0.630. The maximum Gasteiger partial charge on any atom is 0.225 e. The number of methoxy groups -OCH3 is 1. The van der Waals surface area contributed by atoms with Gasteiger partial charge >= 0.3 is 0 Å². The lowest BCUT2D eigenvalue weighted by Crippen LogP contribution is -2.20. The van der Waals surface area contributed by atoms with Crippen molar-refractivity contribution in [2.75, 3.05) is 7.11 Å². The van der Waals surface area contributed by atoms with Crippen molar-refractivity contribution < 1.29 is 9.47 Å². The molecule has 1 aromatic rings. The highest BCUT2D eigenvalue weighted by molar-refractivity contribution is 7.79. The molecule has 1 atom stereocenters. The van der Waals surface area contributed by atoms with Gasteiger partial charge in [0.25, 0.3) is 0 Å². The van der Waals surface area contributed by atoms with Crippen LogP contribution in [0.5, 0.6) is 0 Å². The van der Waals surface area contributed by atoms with Crippen LogP contribution < -0.4 is 0 Å². The minimum absolute atomic E-state index is 0.232. The van der Waals surface area contributed by atoms with E-state index in [-0.39, 0.29) is 5.60 Å². The highest BCUT2D eigenvalue weighted by Gasteiger charge is 2.66. The summed E-state index contributed by atoms with van der Waals surface area (Å²) in [4.78, 5) is 0. The Morgan fingerprint density at radius 3 is 2.13 bits per heavy atom. The first-order valence-electron chi connectivity index (χ1n) is 5.01. The number of ether oxygens (including phenoxy) is 2. The fourth-order valence-electron chi connectivity index (χ4n) is 1.98. The number of hydrogen-bond donors (Lipinski definition) is 1. The topological polar surface area (TPSA) is 21.8 Å². The summed E-state index contributed by atoms with van der Waals surface area (Å²) < 4.78 is 11.1. The Hall–Kier alpha value is -0.510. The molecule has 0 N–H and O–H groups in total. The summed E-state index contributed by atoms with van der Waals surface area (Å²) in [5, 5.41) is 0. The molecule has 0 aliphatic carbocycles. The molecule has 0 amide bonds. The molecule has 0 radical (unpaired) electrons. The molecule has 0 spiro atoms. The molecule has 1 aliphatic rings. The first-order valence-corrected chi connectivity index (χ1v) is 5.64. The van der Waals surface area contributed by atoms with E-state index in [4.69, 9.17) is 9.47 Å². The third kappa shape index (κ3) is 1.59. The van der Waals surface area contributed by atoms with Crippen molar-refractivity contribution in [3.8, 4) is 0 Å². The smallest absolute Gasteiger partial charge is 0.225 e. The summed E-state index contributed by atoms with van der Waals surface area (Å²) in [7, 11) is 1.68. The van der Waals surface area contributed by atoms with E-state index >= 15 is 0 Å². The summed E-state index contributed by atoms with van der Waals surface area (Å²) in [6, 6.07) is 8.20. The number of thiol groups is 1. The van der Waals surface area contributed by atoms with Gasteiger partial charge in [0.1, 0.15) is 5.60 Å². The third-order valence-electron chi connectivity index (χ3n) is 2.95. The number of rotatable bonds is 3. The fraction of sp³-hybridized carbons (Fsp3) is 0.500. The van der Waals surface area contributed by atoms with Crippen molar-refractivity contribution in [3.63, 3.8) is 0 Å². The van der Waals surface area contributed by atoms with Gasteiger partial charge in [0.15, 0.2) is 0 Å². The van der Waals surface area contributed by atoms with E-state index in [1.54, 1.807) is 7.11 Å². The van der Waals surface area contributed by atoms with E-state index in [2.05, 4.69) is 24.8 Å². The van der Waals surface area contributed by atoms with Crippen molar-refractivity contribution in [2.24, 2.45) is 0 Å². The van der Waals surface area contributed by atoms with Crippen LogP contribution in [0.3, 0.4) is 0 Å². The van der Waals surface area contributed by atoms with Gasteiger partial charge in [-0.25, -0.2) is 0 Å². The van der Waals surface area contributed by atoms with E-state index in [9.17, 15) is 0 Å². The summed E-state index contributed by atoms with van der Waals surface area (Å²) in [5.41, 5.74) is 2.04. The molecule has 1 aliphatic heterocycles. The van der Waals surface area contributed by atoms with E-state index in [0.29, 0.717) is 0 Å². The van der Waals surface area contributed by atoms with Crippen LogP contribution >= 0.6 is 12.6 Å². The monoisotopic (exact) mass is 224 g/mol. The zero-order chi connectivity index (χ0) is 11.1. The molecule has 1 unspecified atom stereocenters. The highest BCUT2D eigenvalue weighted by Crippen LogP contribution is 2.55. The fourth-order valence-corrected chi connectivity index (χ4v) is 2.19. The zero-order valence-electron chi connectivity index (χ0n) is 9.28. The Morgan fingerprint density at radius 2 is 1.80 bits per heavy atom. The molecule has 0 aromatic heterocycles. The van der Waals surface area contributed by atoms with Gasteiger partial charge in [-0.3, -0.25) is 0 Å². The van der Waals surface area contributed by atoms with Crippen LogP contribution in [0.1, 0.15) is 25.0 Å². The predicted molar refractivity (Wildman–Crippen MR) is 63.0 cm³/mol. The van der Waals surface area contributed by atoms with Crippen LogP contribution in [0.2, 0.25) is 0 Å². The molecular weight excluding hydrogens is 208 g/mol. The van der Waals surface area contributed by atoms with Crippen LogP contribution in [-0.4, -0.2) is 12.7 Å². The minimum Gasteiger partial charge on any atom is -0.347 e. The average Bonchev–Trinajstić information content (AvgIpc) is 2.82. The van der Waals surface area contributed by atoms with Crippen LogP contribution in [0.4, 0.5) is 0 Å². The predicted octanol–water partition coefficient (Wildman–Crippen LogP) is 2.72. The van der Waals surface area contributed by atoms with Gasteiger partial charge in [-0.05, 0) is 19.4 Å². The molecule has 0 saturated carbocycles. The average molecular weight is 224 g/mol. The maximum absolute atomic E-state index is 5.66. The molecule has 15 heavy (non-hydrogen) atoms. The summed E-state index contributed by atoms with van der Waals surface area (Å²) >= 11 is 4.23. The second-order valence-corrected chi connectivity index (χ2v) is 4.60. The lowest BCUT2D eigenvalue weighted by atomic mass is 9.98. The van der Waals surface area contributed by atoms with Gasteiger partial charge in [-0.2, -0.15) is 12.6 Å². The van der Waals surface area contributed by atoms with E-state index in [0.717, 1.165) is 11.3 Å². The maximum atomic E-state index is 5.66. The van der Waals surface area contributed by atoms with Gasteiger partial charge in [0.2, 0.25) is 5.79 Å². The molecule has 1 saturated heterocycles. The SMILES string of the molecule is COC1(c2ccc(CS)cc2)OC1(C)C. The molecule has 1 aromatic carbocycles. The van der Waals surface area contributed by atoms with Crippen molar-refractivity contribution in [2.45, 2.75) is 31.0 Å². The second-order valence-electron chi connectivity index (χ2n) is 4.29. The molecule has 2 nitrogen and oxygen atoms in total. The molecule has 82 valence electrons. The van der Waals surface area contributed by atoms with Gasteiger partial charge in [0.05, 0.1) is 0 Å². The van der Waals surface area contributed by atoms with E-state index in [1.807, 2.05) is 26.0 Å². The van der Waals surface area contributed by atoms with Gasteiger partial charge in [-0.15, -0.1) is 0 Å². The normalized spacial score (nSPS) is 27.7. The summed E-state index contributed by atoms with van der Waals surface area (Å²) in [6.45, 7) is 4.06. The molecule has 1 heterocycles. The Balaban J connectivity index is 2.30. The molecule has 1 fully saturated rings. The summed E-state index contributed by atoms with van der Waals surface area (Å²) in [5.74, 6) is 0.201. The Kier molecular flexibility index (Phi) is 2.57. The van der Waals surface area contributed by atoms with Crippen molar-refractivity contribution >= 4 is 12.6 Å². The second kappa shape index (κ2) is 3.51. The van der Waals surface area contributed by atoms with Crippen LogP contribution in [0.15, 0.2) is 24.3 Å². The largest absolute Gasteiger partial charge is 0.347 e. The van der Waals surface area contributed by atoms with Crippen LogP contribution in [-0.2, 0) is 21.0 Å². The van der Waals surface area contributed by atoms with Gasteiger partial charge in [0, 0.05) is 18.4 Å². The first-order chi connectivity index (χ1) is 7.05. The van der Waals surface area contributed by atoms with E-state index in [1.165, 1.54) is 5.56 Å². The standard InChI is InChI=1S/C12H16O2S/c1-11(2)12(13-3,14-11)10-6-4-9(8-15)5-7-10/h4-7,15H,8H2,1-3H3. The molecule has 0 bridgehead atoms. The third-order valence-corrected chi connectivity index (χ3v) is 3.32. The van der Waals surface area contributed by atoms with Crippen molar-refractivity contribution in [1.29, 1.82) is 0 Å². The zero-order valence-corrected chi connectivity index (χ0v) is 10.2. The number of hydrogen-bond acceptors (Lipinski definition) is 3. The lowest BCUT2D eigenvalue weighted by molar-refractivity contribution is -0.0147.